The third-order valence-electron chi connectivity index (χ3n) is 11.5. The van der Waals surface area contributed by atoms with Crippen molar-refractivity contribution in [1.29, 1.82) is 0 Å². The maximum absolute atomic E-state index is 6.47. The molecule has 11 rings (SSSR count). The molecule has 0 radical (unpaired) electrons. The van der Waals surface area contributed by atoms with Crippen molar-refractivity contribution in [3.63, 3.8) is 0 Å². The number of furan rings is 1. The Kier molecular flexibility index (Phi) is 8.18. The van der Waals surface area contributed by atoms with E-state index in [9.17, 15) is 0 Å². The second-order valence-corrected chi connectivity index (χ2v) is 15.0. The van der Waals surface area contributed by atoms with E-state index in [0.717, 1.165) is 83.7 Å². The Morgan fingerprint density at radius 3 is 1.90 bits per heavy atom. The highest BCUT2D eigenvalue weighted by molar-refractivity contribution is 6.14. The molecule has 0 N–H and O–H groups in total. The molecule has 3 heterocycles. The quantitative estimate of drug-likeness (QED) is 0.155. The van der Waals surface area contributed by atoms with Crippen LogP contribution in [0.2, 0.25) is 0 Å². The predicted octanol–water partition coefficient (Wildman–Crippen LogP) is 14.0. The zero-order valence-corrected chi connectivity index (χ0v) is 32.1. The highest BCUT2D eigenvalue weighted by Crippen LogP contribution is 2.41. The summed E-state index contributed by atoms with van der Waals surface area (Å²) in [4.78, 5) is 15.3. The summed E-state index contributed by atoms with van der Waals surface area (Å²) < 4.78 is 8.87. The molecule has 8 aromatic carbocycles. The molecule has 3 aromatic heterocycles. The highest BCUT2D eigenvalue weighted by atomic mass is 16.3. The van der Waals surface area contributed by atoms with E-state index in [0.29, 0.717) is 17.5 Å². The van der Waals surface area contributed by atoms with Crippen molar-refractivity contribution in [1.82, 2.24) is 19.5 Å². The molecule has 276 valence electrons. The van der Waals surface area contributed by atoms with Crippen molar-refractivity contribution in [3.8, 4) is 51.0 Å². The lowest BCUT2D eigenvalue weighted by molar-refractivity contribution is 0.670. The van der Waals surface area contributed by atoms with Crippen LogP contribution in [0.4, 0.5) is 0 Å². The normalized spacial score (nSPS) is 11.7. The summed E-state index contributed by atoms with van der Waals surface area (Å²) in [6.45, 7) is 2.23. The van der Waals surface area contributed by atoms with Gasteiger partial charge in [-0.2, -0.15) is 0 Å². The SMILES string of the molecule is CCCCc1ccc(-c2nc(-c3ccccc3)nc(-c3ccc(-n4c5ccccc5c5cc(-c6cccc7c6oc6ccccc67)ccc54)c4ccccc34)n2)cc1. The van der Waals surface area contributed by atoms with Crippen LogP contribution in [0.3, 0.4) is 0 Å². The van der Waals surface area contributed by atoms with Crippen LogP contribution >= 0.6 is 0 Å². The van der Waals surface area contributed by atoms with Gasteiger partial charge in [0.05, 0.1) is 16.7 Å². The Balaban J connectivity index is 1.08. The van der Waals surface area contributed by atoms with Crippen molar-refractivity contribution in [3.05, 3.63) is 181 Å². The fraction of sp³-hybridized carbons (Fsp3) is 0.0755. The van der Waals surface area contributed by atoms with Gasteiger partial charge in [-0.3, -0.25) is 0 Å². The number of hydrogen-bond acceptors (Lipinski definition) is 4. The van der Waals surface area contributed by atoms with Crippen LogP contribution in [-0.4, -0.2) is 19.5 Å². The first-order valence-corrected chi connectivity index (χ1v) is 20.1. The van der Waals surface area contributed by atoms with Crippen LogP contribution < -0.4 is 0 Å². The van der Waals surface area contributed by atoms with Gasteiger partial charge in [0.1, 0.15) is 11.2 Å². The van der Waals surface area contributed by atoms with Crippen molar-refractivity contribution in [2.24, 2.45) is 0 Å². The van der Waals surface area contributed by atoms with Gasteiger partial charge in [0.25, 0.3) is 0 Å². The number of fused-ring (bicyclic) bond motifs is 7. The van der Waals surface area contributed by atoms with Crippen LogP contribution in [0.5, 0.6) is 0 Å². The maximum Gasteiger partial charge on any atom is 0.164 e. The first-order chi connectivity index (χ1) is 28.7. The average Bonchev–Trinajstić information content (AvgIpc) is 3.84. The van der Waals surface area contributed by atoms with E-state index in [1.807, 2.05) is 30.3 Å². The number of aromatic nitrogens is 4. The Labute approximate surface area is 335 Å². The lowest BCUT2D eigenvalue weighted by Gasteiger charge is -2.15. The monoisotopic (exact) mass is 746 g/mol. The summed E-state index contributed by atoms with van der Waals surface area (Å²) in [5.74, 6) is 1.96. The fourth-order valence-corrected chi connectivity index (χ4v) is 8.59. The molecule has 0 saturated carbocycles. The van der Waals surface area contributed by atoms with E-state index < -0.39 is 0 Å². The Hall–Kier alpha value is -7.37. The van der Waals surface area contributed by atoms with Crippen molar-refractivity contribution in [2.45, 2.75) is 26.2 Å². The summed E-state index contributed by atoms with van der Waals surface area (Å²) in [7, 11) is 0. The summed E-state index contributed by atoms with van der Waals surface area (Å²) in [6.07, 6.45) is 3.41. The zero-order valence-electron chi connectivity index (χ0n) is 32.1. The number of unbranched alkanes of at least 4 members (excludes halogenated alkanes) is 1. The molecule has 0 saturated heterocycles. The molecule has 0 aliphatic carbocycles. The zero-order chi connectivity index (χ0) is 38.6. The van der Waals surface area contributed by atoms with E-state index >= 15 is 0 Å². The van der Waals surface area contributed by atoms with E-state index in [4.69, 9.17) is 19.4 Å². The maximum atomic E-state index is 6.47. The van der Waals surface area contributed by atoms with Crippen LogP contribution in [0.1, 0.15) is 25.3 Å². The Morgan fingerprint density at radius 2 is 1.09 bits per heavy atom. The van der Waals surface area contributed by atoms with Gasteiger partial charge in [-0.25, -0.2) is 15.0 Å². The third-order valence-corrected chi connectivity index (χ3v) is 11.5. The van der Waals surface area contributed by atoms with Gasteiger partial charge in [-0.05, 0) is 65.8 Å². The molecule has 0 aliphatic rings. The molecule has 0 fully saturated rings. The van der Waals surface area contributed by atoms with Crippen LogP contribution in [-0.2, 0) is 6.42 Å². The molecule has 0 bridgehead atoms. The van der Waals surface area contributed by atoms with E-state index in [-0.39, 0.29) is 0 Å². The number of nitrogens with zero attached hydrogens (tertiary/aromatic N) is 4. The lowest BCUT2D eigenvalue weighted by Crippen LogP contribution is -2.02. The molecule has 0 amide bonds. The van der Waals surface area contributed by atoms with Gasteiger partial charge in [0, 0.05) is 49.2 Å². The van der Waals surface area contributed by atoms with Crippen LogP contribution in [0.15, 0.2) is 180 Å². The molecule has 5 nitrogen and oxygen atoms in total. The number of benzene rings is 8. The van der Waals surface area contributed by atoms with E-state index in [1.165, 1.54) is 29.2 Å². The second kappa shape index (κ2) is 14.0. The molecular formula is C53H38N4O. The second-order valence-electron chi connectivity index (χ2n) is 15.0. The van der Waals surface area contributed by atoms with Gasteiger partial charge in [0.15, 0.2) is 17.5 Å². The summed E-state index contributed by atoms with van der Waals surface area (Å²) in [5.41, 5.74) is 11.6. The minimum Gasteiger partial charge on any atom is -0.455 e. The molecule has 0 aliphatic heterocycles. The Morgan fingerprint density at radius 1 is 0.448 bits per heavy atom. The molecule has 0 atom stereocenters. The molecule has 11 aromatic rings. The third kappa shape index (κ3) is 5.66. The first kappa shape index (κ1) is 33.9. The van der Waals surface area contributed by atoms with E-state index in [2.05, 4.69) is 157 Å². The Bertz CT molecular complexity index is 3320. The minimum atomic E-state index is 0.647. The number of para-hydroxylation sites is 3. The molecule has 58 heavy (non-hydrogen) atoms. The number of hydrogen-bond donors (Lipinski definition) is 0. The largest absolute Gasteiger partial charge is 0.455 e. The van der Waals surface area contributed by atoms with Gasteiger partial charge in [0.2, 0.25) is 0 Å². The molecule has 5 heteroatoms. The molecule has 0 unspecified atom stereocenters. The average molecular weight is 747 g/mol. The fourth-order valence-electron chi connectivity index (χ4n) is 8.59. The van der Waals surface area contributed by atoms with Gasteiger partial charge >= 0.3 is 0 Å². The minimum absolute atomic E-state index is 0.647. The highest BCUT2D eigenvalue weighted by Gasteiger charge is 2.20. The van der Waals surface area contributed by atoms with Gasteiger partial charge in [-0.15, -0.1) is 0 Å². The molecule has 0 spiro atoms. The van der Waals surface area contributed by atoms with Crippen LogP contribution in [0, 0.1) is 0 Å². The van der Waals surface area contributed by atoms with Crippen molar-refractivity contribution >= 4 is 54.5 Å². The number of rotatable bonds is 8. The first-order valence-electron chi connectivity index (χ1n) is 20.1. The topological polar surface area (TPSA) is 56.7 Å². The lowest BCUT2D eigenvalue weighted by atomic mass is 10.00. The van der Waals surface area contributed by atoms with Crippen molar-refractivity contribution in [2.75, 3.05) is 0 Å². The standard InChI is InChI=1S/C53H38N4O/c1-2-3-14-34-25-27-36(28-26-34)52-54-51(35-15-5-4-6-16-35)55-53(56-52)44-30-32-47(40-18-8-7-17-39(40)44)57-46-23-11-9-19-41(46)45-33-37(29-31-48(45)57)38-21-13-22-43-42-20-10-12-24-49(42)58-50(38)43/h4-13,15-33H,2-3,14H2,1H3. The smallest absolute Gasteiger partial charge is 0.164 e. The summed E-state index contributed by atoms with van der Waals surface area (Å²) >= 11 is 0. The van der Waals surface area contributed by atoms with Crippen LogP contribution in [0.25, 0.3) is 105 Å². The van der Waals surface area contributed by atoms with Gasteiger partial charge < -0.3 is 8.98 Å². The van der Waals surface area contributed by atoms with E-state index in [1.54, 1.807) is 0 Å². The summed E-state index contributed by atoms with van der Waals surface area (Å²) in [6, 6.07) is 62.1. The number of aryl methyl sites for hydroxylation is 1. The summed E-state index contributed by atoms with van der Waals surface area (Å²) in [5, 5.41) is 6.83. The van der Waals surface area contributed by atoms with Crippen molar-refractivity contribution < 1.29 is 4.42 Å². The predicted molar refractivity (Wildman–Crippen MR) is 239 cm³/mol. The molecular weight excluding hydrogens is 709 g/mol. The van der Waals surface area contributed by atoms with Gasteiger partial charge in [-0.1, -0.05) is 153 Å².